The minimum atomic E-state index is -1.83. The summed E-state index contributed by atoms with van der Waals surface area (Å²) in [5, 5.41) is 0.944. The van der Waals surface area contributed by atoms with E-state index >= 15 is 0 Å². The summed E-state index contributed by atoms with van der Waals surface area (Å²) >= 11 is 6.10. The van der Waals surface area contributed by atoms with E-state index in [0.29, 0.717) is 0 Å². The molecule has 0 heterocycles. The fourth-order valence-corrected chi connectivity index (χ4v) is 2.18. The molecule has 0 nitrogen and oxygen atoms in total. The highest BCUT2D eigenvalue weighted by Crippen LogP contribution is 2.08. The lowest BCUT2D eigenvalue weighted by Gasteiger charge is -2.12. The second kappa shape index (κ2) is 2.95. The van der Waals surface area contributed by atoms with Gasteiger partial charge in [0, 0.05) is 0 Å². The van der Waals surface area contributed by atoms with Crippen molar-refractivity contribution in [1.82, 2.24) is 0 Å². The molecule has 0 bridgehead atoms. The molecule has 0 aromatic heterocycles. The van der Waals surface area contributed by atoms with Gasteiger partial charge in [-0.3, -0.25) is 0 Å². The molecule has 0 saturated heterocycles. The van der Waals surface area contributed by atoms with Gasteiger partial charge in [-0.05, 0) is 17.3 Å². The smallest absolute Gasteiger partial charge is 0.180 e. The summed E-state index contributed by atoms with van der Waals surface area (Å²) in [7, 11) is -1.83. The Bertz CT molecular complexity index is 255. The van der Waals surface area contributed by atoms with Gasteiger partial charge in [0.1, 0.15) is 5.82 Å². The van der Waals surface area contributed by atoms with Crippen molar-refractivity contribution in [2.45, 2.75) is 13.1 Å². The van der Waals surface area contributed by atoms with E-state index in [1.54, 1.807) is 6.07 Å². The van der Waals surface area contributed by atoms with Gasteiger partial charge in [0.25, 0.3) is 0 Å². The third-order valence-electron chi connectivity index (χ3n) is 1.51. The monoisotopic (exact) mass is 188 g/mol. The molecule has 0 spiro atoms. The summed E-state index contributed by atoms with van der Waals surface area (Å²) in [6, 6.07) is 6.52. The van der Waals surface area contributed by atoms with Gasteiger partial charge in [0.05, 0.1) is 0 Å². The summed E-state index contributed by atoms with van der Waals surface area (Å²) in [6.07, 6.45) is 0. The molecule has 60 valence electrons. The highest BCUT2D eigenvalue weighted by atomic mass is 35.6. The average Bonchev–Trinajstić information content (AvgIpc) is 1.86. The minimum absolute atomic E-state index is 0.205. The number of halogens is 2. The van der Waals surface area contributed by atoms with Crippen LogP contribution >= 0.6 is 11.1 Å². The molecule has 0 aliphatic rings. The van der Waals surface area contributed by atoms with Crippen LogP contribution in [0.25, 0.3) is 0 Å². The van der Waals surface area contributed by atoms with Crippen LogP contribution in [-0.2, 0) is 0 Å². The van der Waals surface area contributed by atoms with Gasteiger partial charge >= 0.3 is 0 Å². The van der Waals surface area contributed by atoms with E-state index in [2.05, 4.69) is 0 Å². The predicted octanol–water partition coefficient (Wildman–Crippen LogP) is 2.48. The van der Waals surface area contributed by atoms with Gasteiger partial charge in [-0.15, -0.1) is 0 Å². The summed E-state index contributed by atoms with van der Waals surface area (Å²) in [5.74, 6) is -0.205. The van der Waals surface area contributed by atoms with Crippen molar-refractivity contribution in [3.05, 3.63) is 30.1 Å². The molecule has 11 heavy (non-hydrogen) atoms. The molecular weight excluding hydrogens is 179 g/mol. The van der Waals surface area contributed by atoms with Crippen molar-refractivity contribution in [3.8, 4) is 0 Å². The Labute approximate surface area is 71.7 Å². The summed E-state index contributed by atoms with van der Waals surface area (Å²) in [4.78, 5) is 0. The van der Waals surface area contributed by atoms with Crippen LogP contribution in [0.5, 0.6) is 0 Å². The van der Waals surface area contributed by atoms with E-state index in [1.165, 1.54) is 12.1 Å². The molecule has 0 fully saturated rings. The molecule has 1 aromatic carbocycles. The van der Waals surface area contributed by atoms with Crippen molar-refractivity contribution >= 4 is 23.6 Å². The van der Waals surface area contributed by atoms with Gasteiger partial charge in [0.2, 0.25) is 0 Å². The van der Waals surface area contributed by atoms with E-state index in [0.717, 1.165) is 5.19 Å². The number of hydrogen-bond donors (Lipinski definition) is 0. The van der Waals surface area contributed by atoms with Gasteiger partial charge < -0.3 is 0 Å². The normalized spacial score (nSPS) is 11.6. The topological polar surface area (TPSA) is 0 Å². The first-order valence-corrected chi connectivity index (χ1v) is 7.46. The summed E-state index contributed by atoms with van der Waals surface area (Å²) in [6.45, 7) is 3.95. The molecule has 0 atom stereocenters. The van der Waals surface area contributed by atoms with Crippen LogP contribution in [0.15, 0.2) is 24.3 Å². The first kappa shape index (κ1) is 8.75. The van der Waals surface area contributed by atoms with Crippen LogP contribution in [0.1, 0.15) is 0 Å². The Morgan fingerprint density at radius 2 is 2.00 bits per heavy atom. The lowest BCUT2D eigenvalue weighted by molar-refractivity contribution is 0.629. The molecule has 0 aliphatic carbocycles. The predicted molar refractivity (Wildman–Crippen MR) is 49.4 cm³/mol. The minimum Gasteiger partial charge on any atom is -0.207 e. The maximum absolute atomic E-state index is 12.7. The number of hydrogen-bond acceptors (Lipinski definition) is 0. The Hall–Kier alpha value is -0.343. The summed E-state index contributed by atoms with van der Waals surface area (Å²) in [5.41, 5.74) is 0. The Morgan fingerprint density at radius 1 is 1.36 bits per heavy atom. The molecule has 3 heteroatoms. The lowest BCUT2D eigenvalue weighted by atomic mass is 10.3. The van der Waals surface area contributed by atoms with Crippen LogP contribution in [-0.4, -0.2) is 7.38 Å². The van der Waals surface area contributed by atoms with Crippen molar-refractivity contribution in [2.24, 2.45) is 0 Å². The fourth-order valence-electron chi connectivity index (χ4n) is 0.858. The van der Waals surface area contributed by atoms with Crippen molar-refractivity contribution in [2.75, 3.05) is 0 Å². The first-order chi connectivity index (χ1) is 5.00. The third kappa shape index (κ3) is 2.31. The standard InChI is InChI=1S/C8H10ClFSi/c1-11(2,9)8-5-3-4-7(10)6-8/h3-6H,1-2H3. The average molecular weight is 189 g/mol. The van der Waals surface area contributed by atoms with E-state index in [1.807, 2.05) is 19.2 Å². The SMILES string of the molecule is C[Si](C)(Cl)c1cccc(F)c1. The van der Waals surface area contributed by atoms with E-state index in [9.17, 15) is 4.39 Å². The molecule has 0 unspecified atom stereocenters. The lowest BCUT2D eigenvalue weighted by Crippen LogP contribution is -2.35. The van der Waals surface area contributed by atoms with E-state index in [4.69, 9.17) is 11.1 Å². The van der Waals surface area contributed by atoms with Crippen LogP contribution in [0.2, 0.25) is 13.1 Å². The maximum atomic E-state index is 12.7. The zero-order valence-electron chi connectivity index (χ0n) is 6.57. The van der Waals surface area contributed by atoms with E-state index < -0.39 is 7.38 Å². The van der Waals surface area contributed by atoms with Crippen LogP contribution in [0, 0.1) is 5.82 Å². The Kier molecular flexibility index (Phi) is 2.35. The van der Waals surface area contributed by atoms with Crippen LogP contribution in [0.3, 0.4) is 0 Å². The molecule has 1 rings (SSSR count). The largest absolute Gasteiger partial charge is 0.207 e. The van der Waals surface area contributed by atoms with Gasteiger partial charge in [0.15, 0.2) is 7.38 Å². The van der Waals surface area contributed by atoms with Gasteiger partial charge in [-0.1, -0.05) is 25.2 Å². The van der Waals surface area contributed by atoms with Crippen LogP contribution < -0.4 is 5.19 Å². The molecule has 0 amide bonds. The molecular formula is C8H10ClFSi. The zero-order valence-corrected chi connectivity index (χ0v) is 8.32. The molecule has 0 saturated carbocycles. The van der Waals surface area contributed by atoms with Gasteiger partial charge in [-0.25, -0.2) is 4.39 Å². The van der Waals surface area contributed by atoms with Crippen molar-refractivity contribution in [1.29, 1.82) is 0 Å². The quantitative estimate of drug-likeness (QED) is 0.469. The molecule has 0 aliphatic heterocycles. The van der Waals surface area contributed by atoms with E-state index in [-0.39, 0.29) is 5.82 Å². The summed E-state index contributed by atoms with van der Waals surface area (Å²) < 4.78 is 12.7. The second-order valence-corrected chi connectivity index (χ2v) is 9.34. The highest BCUT2D eigenvalue weighted by Gasteiger charge is 2.19. The maximum Gasteiger partial charge on any atom is 0.180 e. The Morgan fingerprint density at radius 3 is 2.36 bits per heavy atom. The first-order valence-electron chi connectivity index (χ1n) is 3.45. The fraction of sp³-hybridized carbons (Fsp3) is 0.250. The third-order valence-corrected chi connectivity index (χ3v) is 3.85. The van der Waals surface area contributed by atoms with Crippen molar-refractivity contribution < 1.29 is 4.39 Å². The number of rotatable bonds is 1. The molecule has 1 aromatic rings. The second-order valence-electron chi connectivity index (χ2n) is 2.98. The highest BCUT2D eigenvalue weighted by molar-refractivity contribution is 7.26. The molecule has 0 N–H and O–H groups in total. The van der Waals surface area contributed by atoms with Crippen molar-refractivity contribution in [3.63, 3.8) is 0 Å². The Balaban J connectivity index is 3.06. The molecule has 0 radical (unpaired) electrons. The van der Waals surface area contributed by atoms with Crippen LogP contribution in [0.4, 0.5) is 4.39 Å². The van der Waals surface area contributed by atoms with Gasteiger partial charge in [-0.2, -0.15) is 11.1 Å². The zero-order chi connectivity index (χ0) is 8.48. The number of benzene rings is 1.